The number of carbonyl (C=O) groups excluding carboxylic acids is 2. The molecule has 174 valence electrons. The number of thioether (sulfide) groups is 1. The van der Waals surface area contributed by atoms with Crippen molar-refractivity contribution in [1.82, 2.24) is 20.0 Å². The number of furan rings is 1. The number of hydrogen-bond donors (Lipinski definition) is 2. The number of piperazine rings is 1. The molecule has 0 bridgehead atoms. The van der Waals surface area contributed by atoms with E-state index in [2.05, 4.69) is 20.8 Å². The van der Waals surface area contributed by atoms with Gasteiger partial charge < -0.3 is 20.0 Å². The summed E-state index contributed by atoms with van der Waals surface area (Å²) >= 11 is 2.76. The summed E-state index contributed by atoms with van der Waals surface area (Å²) in [4.78, 5) is 28.5. The first-order valence-corrected chi connectivity index (χ1v) is 12.1. The first-order chi connectivity index (χ1) is 16.0. The van der Waals surface area contributed by atoms with Crippen LogP contribution in [0, 0.1) is 5.82 Å². The van der Waals surface area contributed by atoms with Gasteiger partial charge in [0.25, 0.3) is 0 Å². The van der Waals surface area contributed by atoms with Gasteiger partial charge >= 0.3 is 0 Å². The Balaban J connectivity index is 1.15. The van der Waals surface area contributed by atoms with Crippen LogP contribution in [0.4, 0.5) is 15.2 Å². The van der Waals surface area contributed by atoms with Crippen LogP contribution in [0.5, 0.6) is 0 Å². The lowest BCUT2D eigenvalue weighted by molar-refractivity contribution is -0.130. The third kappa shape index (κ3) is 7.01. The minimum absolute atomic E-state index is 0.0316. The summed E-state index contributed by atoms with van der Waals surface area (Å²) in [5, 5.41) is 14.7. The topological polar surface area (TPSA) is 104 Å². The van der Waals surface area contributed by atoms with Crippen molar-refractivity contribution < 1.29 is 18.4 Å². The summed E-state index contributed by atoms with van der Waals surface area (Å²) in [5.74, 6) is 0.521. The highest BCUT2D eigenvalue weighted by Crippen LogP contribution is 2.26. The number of hydrogen-bond acceptors (Lipinski definition) is 9. The third-order valence-corrected chi connectivity index (χ3v) is 6.92. The van der Waals surface area contributed by atoms with Crippen LogP contribution in [0.3, 0.4) is 0 Å². The quantitative estimate of drug-likeness (QED) is 0.442. The Bertz CT molecular complexity index is 1070. The van der Waals surface area contributed by atoms with Gasteiger partial charge in [0, 0.05) is 31.9 Å². The second kappa shape index (κ2) is 11.3. The molecule has 2 N–H and O–H groups in total. The fraction of sp³-hybridized carbons (Fsp3) is 0.333. The minimum Gasteiger partial charge on any atom is -0.467 e. The van der Waals surface area contributed by atoms with Crippen molar-refractivity contribution in [2.24, 2.45) is 0 Å². The highest BCUT2D eigenvalue weighted by molar-refractivity contribution is 8.01. The van der Waals surface area contributed by atoms with Gasteiger partial charge in [-0.1, -0.05) is 29.2 Å². The number of nitrogens with one attached hydrogen (secondary N) is 2. The summed E-state index contributed by atoms with van der Waals surface area (Å²) in [6.07, 6.45) is 1.62. The second-order valence-corrected chi connectivity index (χ2v) is 9.51. The number of benzene rings is 1. The van der Waals surface area contributed by atoms with Gasteiger partial charge in [0.1, 0.15) is 11.6 Å². The van der Waals surface area contributed by atoms with E-state index in [4.69, 9.17) is 4.42 Å². The molecule has 0 aliphatic carbocycles. The predicted octanol–water partition coefficient (Wildman–Crippen LogP) is 2.76. The largest absolute Gasteiger partial charge is 0.467 e. The van der Waals surface area contributed by atoms with Gasteiger partial charge in [-0.3, -0.25) is 14.5 Å². The average molecular weight is 491 g/mol. The highest BCUT2D eigenvalue weighted by atomic mass is 32.2. The number of aromatic nitrogens is 2. The van der Waals surface area contributed by atoms with Crippen molar-refractivity contribution in [3.8, 4) is 0 Å². The monoisotopic (exact) mass is 490 g/mol. The van der Waals surface area contributed by atoms with Gasteiger partial charge in [-0.25, -0.2) is 4.39 Å². The predicted molar refractivity (Wildman–Crippen MR) is 125 cm³/mol. The van der Waals surface area contributed by atoms with Crippen LogP contribution in [0.25, 0.3) is 0 Å². The lowest BCUT2D eigenvalue weighted by Crippen LogP contribution is -2.50. The molecule has 1 fully saturated rings. The molecule has 3 heterocycles. The molecular weight excluding hydrogens is 467 g/mol. The van der Waals surface area contributed by atoms with Gasteiger partial charge in [0.15, 0.2) is 4.34 Å². The van der Waals surface area contributed by atoms with E-state index in [1.54, 1.807) is 23.3 Å². The molecular formula is C21H23FN6O3S2. The smallest absolute Gasteiger partial charge is 0.238 e. The number of amides is 2. The maximum absolute atomic E-state index is 13.2. The van der Waals surface area contributed by atoms with Crippen LogP contribution in [-0.2, 0) is 16.1 Å². The van der Waals surface area contributed by atoms with Gasteiger partial charge in [0.2, 0.25) is 16.9 Å². The summed E-state index contributed by atoms with van der Waals surface area (Å²) in [7, 11) is 0. The Labute approximate surface area is 198 Å². The Morgan fingerprint density at radius 1 is 1.15 bits per heavy atom. The molecule has 1 aromatic carbocycles. The van der Waals surface area contributed by atoms with Crippen molar-refractivity contribution >= 4 is 45.7 Å². The molecule has 0 unspecified atom stereocenters. The molecule has 0 saturated carbocycles. The maximum Gasteiger partial charge on any atom is 0.238 e. The molecule has 1 aliphatic heterocycles. The van der Waals surface area contributed by atoms with E-state index in [1.165, 1.54) is 35.2 Å². The molecule has 4 rings (SSSR count). The first kappa shape index (κ1) is 23.2. The number of halogens is 1. The molecule has 0 atom stereocenters. The Kier molecular flexibility index (Phi) is 7.92. The fourth-order valence-corrected chi connectivity index (χ4v) is 4.91. The Morgan fingerprint density at radius 3 is 2.76 bits per heavy atom. The van der Waals surface area contributed by atoms with E-state index < -0.39 is 5.82 Å². The number of rotatable bonds is 9. The van der Waals surface area contributed by atoms with E-state index in [1.807, 2.05) is 17.0 Å². The van der Waals surface area contributed by atoms with Crippen LogP contribution >= 0.6 is 23.1 Å². The van der Waals surface area contributed by atoms with Gasteiger partial charge in [0.05, 0.1) is 25.1 Å². The van der Waals surface area contributed by atoms with E-state index in [0.29, 0.717) is 43.5 Å². The second-order valence-electron chi connectivity index (χ2n) is 7.31. The van der Waals surface area contributed by atoms with Crippen molar-refractivity contribution in [3.05, 3.63) is 54.2 Å². The van der Waals surface area contributed by atoms with E-state index >= 15 is 0 Å². The van der Waals surface area contributed by atoms with E-state index in [0.717, 1.165) is 10.1 Å². The van der Waals surface area contributed by atoms with Crippen molar-refractivity contribution in [2.75, 3.05) is 49.1 Å². The van der Waals surface area contributed by atoms with Crippen LogP contribution in [0.2, 0.25) is 0 Å². The van der Waals surface area contributed by atoms with Gasteiger partial charge in [-0.05, 0) is 30.3 Å². The first-order valence-electron chi connectivity index (χ1n) is 10.3. The molecule has 2 amide bonds. The normalized spacial score (nSPS) is 14.3. The number of anilines is 2. The Morgan fingerprint density at radius 2 is 2.00 bits per heavy atom. The average Bonchev–Trinajstić information content (AvgIpc) is 3.48. The lowest BCUT2D eigenvalue weighted by Gasteiger charge is -2.34. The molecule has 9 nitrogen and oxygen atoms in total. The SMILES string of the molecule is O=C(CN1CCN(C(=O)CSc2nnc(NCc3ccco3)s2)CC1)Nc1cccc(F)c1. The molecule has 2 aromatic heterocycles. The molecule has 0 spiro atoms. The van der Waals surface area contributed by atoms with Crippen molar-refractivity contribution in [3.63, 3.8) is 0 Å². The summed E-state index contributed by atoms with van der Waals surface area (Å²) in [5.41, 5.74) is 0.432. The van der Waals surface area contributed by atoms with Crippen LogP contribution in [0.15, 0.2) is 51.4 Å². The van der Waals surface area contributed by atoms with E-state index in [-0.39, 0.29) is 24.1 Å². The maximum atomic E-state index is 13.2. The van der Waals surface area contributed by atoms with Gasteiger partial charge in [-0.2, -0.15) is 0 Å². The molecule has 33 heavy (non-hydrogen) atoms. The fourth-order valence-electron chi connectivity index (χ4n) is 3.26. The van der Waals surface area contributed by atoms with Crippen molar-refractivity contribution in [2.45, 2.75) is 10.9 Å². The zero-order chi connectivity index (χ0) is 23.0. The zero-order valence-electron chi connectivity index (χ0n) is 17.7. The third-order valence-electron chi connectivity index (χ3n) is 4.92. The lowest BCUT2D eigenvalue weighted by atomic mass is 10.3. The molecule has 3 aromatic rings. The van der Waals surface area contributed by atoms with Crippen molar-refractivity contribution in [1.29, 1.82) is 0 Å². The van der Waals surface area contributed by atoms with Crippen LogP contribution < -0.4 is 10.6 Å². The standard InChI is InChI=1S/C21H23FN6O3S2/c22-15-3-1-4-16(11-15)24-18(29)13-27-6-8-28(9-7-27)19(30)14-32-21-26-25-20(33-21)23-12-17-5-2-10-31-17/h1-5,10-11H,6-9,12-14H2,(H,23,25)(H,24,29). The van der Waals surface area contributed by atoms with Gasteiger partial charge in [-0.15, -0.1) is 10.2 Å². The molecule has 1 aliphatic rings. The summed E-state index contributed by atoms with van der Waals surface area (Å²) < 4.78 is 19.2. The Hall–Kier alpha value is -2.96. The van der Waals surface area contributed by atoms with E-state index in [9.17, 15) is 14.0 Å². The molecule has 12 heteroatoms. The molecule has 1 saturated heterocycles. The summed E-state index contributed by atoms with van der Waals surface area (Å²) in [6.45, 7) is 3.04. The zero-order valence-corrected chi connectivity index (χ0v) is 19.3. The summed E-state index contributed by atoms with van der Waals surface area (Å²) in [6, 6.07) is 9.50. The van der Waals surface area contributed by atoms with Crippen LogP contribution in [0.1, 0.15) is 5.76 Å². The number of carbonyl (C=O) groups is 2. The minimum atomic E-state index is -0.396. The molecule has 0 radical (unpaired) electrons. The highest BCUT2D eigenvalue weighted by Gasteiger charge is 2.23. The van der Waals surface area contributed by atoms with Crippen LogP contribution in [-0.4, -0.2) is 70.3 Å². The number of nitrogens with zero attached hydrogens (tertiary/aromatic N) is 4.